The minimum atomic E-state index is -0.543. The van der Waals surface area contributed by atoms with Crippen molar-refractivity contribution < 1.29 is 4.79 Å². The number of imidazole rings is 1. The highest BCUT2D eigenvalue weighted by molar-refractivity contribution is 5.98. The summed E-state index contributed by atoms with van der Waals surface area (Å²) < 4.78 is 0. The Bertz CT molecular complexity index is 293. The first kappa shape index (κ1) is 6.17. The molecule has 0 saturated carbocycles. The maximum Gasteiger partial charge on any atom is 0.274 e. The quantitative estimate of drug-likeness (QED) is 0.376. The minimum Gasteiger partial charge on any atom is -0.339 e. The zero-order chi connectivity index (χ0) is 7.84. The number of nitrogens with two attached hydrogens (primary N) is 1. The van der Waals surface area contributed by atoms with Gasteiger partial charge in [-0.2, -0.15) is 0 Å². The molecule has 0 bridgehead atoms. The number of aromatic amines is 1. The van der Waals surface area contributed by atoms with Crippen molar-refractivity contribution in [2.45, 2.75) is 6.29 Å². The number of amides is 1. The fourth-order valence-electron chi connectivity index (χ4n) is 0.974. The monoisotopic (exact) mass is 153 g/mol. The fourth-order valence-corrected chi connectivity index (χ4v) is 0.974. The molecule has 0 aromatic carbocycles. The molecule has 1 unspecified atom stereocenters. The number of carbonyl (C=O) groups is 1. The van der Waals surface area contributed by atoms with Gasteiger partial charge in [-0.25, -0.2) is 4.98 Å². The van der Waals surface area contributed by atoms with Gasteiger partial charge >= 0.3 is 0 Å². The van der Waals surface area contributed by atoms with E-state index in [0.29, 0.717) is 11.5 Å². The normalized spacial score (nSPS) is 21.9. The van der Waals surface area contributed by atoms with Crippen molar-refractivity contribution in [3.8, 4) is 0 Å². The Kier molecular flexibility index (Phi) is 1.10. The van der Waals surface area contributed by atoms with Crippen molar-refractivity contribution in [2.75, 3.05) is 5.32 Å². The summed E-state index contributed by atoms with van der Waals surface area (Å²) in [6.45, 7) is 0. The van der Waals surface area contributed by atoms with Crippen LogP contribution in [0.1, 0.15) is 10.5 Å². The Hall–Kier alpha value is -1.56. The Labute approximate surface area is 62.2 Å². The van der Waals surface area contributed by atoms with Gasteiger partial charge in [0.1, 0.15) is 5.69 Å². The molecule has 0 radical (unpaired) electrons. The number of H-pyrrole nitrogens is 1. The summed E-state index contributed by atoms with van der Waals surface area (Å²) in [7, 11) is 0. The summed E-state index contributed by atoms with van der Waals surface area (Å²) in [6, 6.07) is 0. The molecule has 1 aliphatic rings. The molecule has 1 amide bonds. The number of nitrogens with zero attached hydrogens (tertiary/aromatic N) is 1. The van der Waals surface area contributed by atoms with Crippen LogP contribution in [0.4, 0.5) is 5.82 Å². The van der Waals surface area contributed by atoms with E-state index in [0.717, 1.165) is 0 Å². The van der Waals surface area contributed by atoms with Gasteiger partial charge in [0, 0.05) is 0 Å². The van der Waals surface area contributed by atoms with Crippen LogP contribution in [0, 0.1) is 0 Å². The molecular formula is C5H7N5O. The summed E-state index contributed by atoms with van der Waals surface area (Å²) in [5.74, 6) is 0.269. The topological polar surface area (TPSA) is 95.8 Å². The number of nitrogens with one attached hydrogen (secondary N) is 3. The Morgan fingerprint density at radius 2 is 2.36 bits per heavy atom. The van der Waals surface area contributed by atoms with Crippen molar-refractivity contribution in [3.63, 3.8) is 0 Å². The van der Waals surface area contributed by atoms with Crippen LogP contribution in [0.3, 0.4) is 0 Å². The molecule has 6 nitrogen and oxygen atoms in total. The van der Waals surface area contributed by atoms with Crippen LogP contribution in [-0.4, -0.2) is 22.2 Å². The highest BCUT2D eigenvalue weighted by Gasteiger charge is 2.22. The second kappa shape index (κ2) is 1.96. The Morgan fingerprint density at radius 1 is 1.55 bits per heavy atom. The number of aromatic nitrogens is 2. The second-order valence-electron chi connectivity index (χ2n) is 2.22. The third-order valence-corrected chi connectivity index (χ3v) is 1.45. The van der Waals surface area contributed by atoms with Crippen LogP contribution in [0.5, 0.6) is 0 Å². The minimum absolute atomic E-state index is 0.233. The van der Waals surface area contributed by atoms with Crippen molar-refractivity contribution in [1.82, 2.24) is 15.3 Å². The Morgan fingerprint density at radius 3 is 3.18 bits per heavy atom. The van der Waals surface area contributed by atoms with Crippen LogP contribution in [0.15, 0.2) is 6.33 Å². The number of rotatable bonds is 0. The fraction of sp³-hybridized carbons (Fsp3) is 0.200. The molecule has 1 aliphatic heterocycles. The van der Waals surface area contributed by atoms with Crippen LogP contribution in [0.2, 0.25) is 0 Å². The lowest BCUT2D eigenvalue weighted by Crippen LogP contribution is -2.50. The average Bonchev–Trinajstić information content (AvgIpc) is 2.34. The molecule has 11 heavy (non-hydrogen) atoms. The predicted octanol–water partition coefficient (Wildman–Crippen LogP) is -1.19. The van der Waals surface area contributed by atoms with Crippen LogP contribution in [0.25, 0.3) is 0 Å². The highest BCUT2D eigenvalue weighted by atomic mass is 16.2. The van der Waals surface area contributed by atoms with Crippen molar-refractivity contribution >= 4 is 11.7 Å². The molecule has 0 aliphatic carbocycles. The van der Waals surface area contributed by atoms with Crippen molar-refractivity contribution in [1.29, 1.82) is 0 Å². The Balaban J connectivity index is 2.44. The van der Waals surface area contributed by atoms with E-state index < -0.39 is 6.29 Å². The number of hydrogen-bond donors (Lipinski definition) is 4. The van der Waals surface area contributed by atoms with Gasteiger partial charge in [0.2, 0.25) is 0 Å². The molecule has 6 heteroatoms. The molecule has 5 N–H and O–H groups in total. The smallest absolute Gasteiger partial charge is 0.274 e. The zero-order valence-electron chi connectivity index (χ0n) is 5.59. The SMILES string of the molecule is NC1NC(=O)c2[nH]cnc2N1. The summed E-state index contributed by atoms with van der Waals surface area (Å²) in [6.07, 6.45) is 0.897. The van der Waals surface area contributed by atoms with Gasteiger partial charge in [-0.05, 0) is 0 Å². The van der Waals surface area contributed by atoms with E-state index in [4.69, 9.17) is 5.73 Å². The van der Waals surface area contributed by atoms with Gasteiger partial charge in [0.25, 0.3) is 5.91 Å². The summed E-state index contributed by atoms with van der Waals surface area (Å²) in [4.78, 5) is 17.6. The number of hydrogen-bond acceptors (Lipinski definition) is 4. The lowest BCUT2D eigenvalue weighted by atomic mass is 10.3. The molecule has 0 spiro atoms. The lowest BCUT2D eigenvalue weighted by Gasteiger charge is -2.20. The predicted molar refractivity (Wildman–Crippen MR) is 37.7 cm³/mol. The molecule has 0 fully saturated rings. The standard InChI is InChI=1S/C5H7N5O/c6-5-9-3-2(4(11)10-5)7-1-8-3/h1,5,9H,6H2,(H,7,8)(H,10,11). The molecule has 2 rings (SSSR count). The molecule has 58 valence electrons. The third kappa shape index (κ3) is 0.838. The van der Waals surface area contributed by atoms with Crippen molar-refractivity contribution in [3.05, 3.63) is 12.0 Å². The van der Waals surface area contributed by atoms with Gasteiger partial charge in [-0.3, -0.25) is 10.5 Å². The van der Waals surface area contributed by atoms with Gasteiger partial charge in [0.05, 0.1) is 6.33 Å². The molecule has 1 aromatic heterocycles. The highest BCUT2D eigenvalue weighted by Crippen LogP contribution is 2.12. The van der Waals surface area contributed by atoms with E-state index in [1.807, 2.05) is 0 Å². The van der Waals surface area contributed by atoms with E-state index in [9.17, 15) is 4.79 Å². The first-order valence-electron chi connectivity index (χ1n) is 3.14. The number of anilines is 1. The van der Waals surface area contributed by atoms with E-state index in [-0.39, 0.29) is 5.91 Å². The first-order chi connectivity index (χ1) is 5.27. The van der Waals surface area contributed by atoms with E-state index in [2.05, 4.69) is 20.6 Å². The number of fused-ring (bicyclic) bond motifs is 1. The summed E-state index contributed by atoms with van der Waals surface area (Å²) >= 11 is 0. The van der Waals surface area contributed by atoms with Crippen LogP contribution < -0.4 is 16.4 Å². The molecular weight excluding hydrogens is 146 g/mol. The third-order valence-electron chi connectivity index (χ3n) is 1.45. The largest absolute Gasteiger partial charge is 0.339 e. The summed E-state index contributed by atoms with van der Waals surface area (Å²) in [5.41, 5.74) is 5.83. The molecule has 1 atom stereocenters. The molecule has 0 saturated heterocycles. The van der Waals surface area contributed by atoms with E-state index in [1.165, 1.54) is 6.33 Å². The van der Waals surface area contributed by atoms with Gasteiger partial charge in [-0.15, -0.1) is 0 Å². The van der Waals surface area contributed by atoms with Gasteiger partial charge in [-0.1, -0.05) is 0 Å². The first-order valence-corrected chi connectivity index (χ1v) is 3.14. The summed E-state index contributed by atoms with van der Waals surface area (Å²) in [5, 5.41) is 5.25. The zero-order valence-corrected chi connectivity index (χ0v) is 5.59. The van der Waals surface area contributed by atoms with Gasteiger partial charge < -0.3 is 15.6 Å². The number of carbonyl (C=O) groups excluding carboxylic acids is 1. The van der Waals surface area contributed by atoms with Crippen LogP contribution in [-0.2, 0) is 0 Å². The van der Waals surface area contributed by atoms with E-state index in [1.54, 1.807) is 0 Å². The van der Waals surface area contributed by atoms with Crippen molar-refractivity contribution in [2.24, 2.45) is 5.73 Å². The van der Waals surface area contributed by atoms with Crippen LogP contribution >= 0.6 is 0 Å². The maximum absolute atomic E-state index is 11.1. The molecule has 2 heterocycles. The lowest BCUT2D eigenvalue weighted by molar-refractivity contribution is 0.0932. The average molecular weight is 153 g/mol. The van der Waals surface area contributed by atoms with E-state index >= 15 is 0 Å². The van der Waals surface area contributed by atoms with Gasteiger partial charge in [0.15, 0.2) is 12.1 Å². The molecule has 1 aromatic rings. The maximum atomic E-state index is 11.1. The second-order valence-corrected chi connectivity index (χ2v) is 2.22.